The van der Waals surface area contributed by atoms with E-state index in [0.29, 0.717) is 0 Å². The van der Waals surface area contributed by atoms with E-state index in [9.17, 15) is 0 Å². The molecular weight excluding hydrogens is 174 g/mol. The molecule has 2 atom stereocenters. The van der Waals surface area contributed by atoms with Crippen LogP contribution in [0.2, 0.25) is 0 Å². The van der Waals surface area contributed by atoms with Crippen LogP contribution in [0.1, 0.15) is 0 Å². The van der Waals surface area contributed by atoms with Gasteiger partial charge in [-0.15, -0.1) is 11.6 Å². The predicted octanol–water partition coefficient (Wildman–Crippen LogP) is 1.08. The standard InChI is InChI=1S/C9H12ClNO/c1-12-9-3-7-5-11-4-6(7)2-8(9)10/h2-3,8-9,11H,4-5H2,1H3. The molecule has 0 bridgehead atoms. The van der Waals surface area contributed by atoms with Crippen LogP contribution in [0, 0.1) is 0 Å². The number of alkyl halides is 1. The molecule has 0 radical (unpaired) electrons. The van der Waals surface area contributed by atoms with Gasteiger partial charge in [-0.25, -0.2) is 0 Å². The van der Waals surface area contributed by atoms with E-state index in [1.54, 1.807) is 7.11 Å². The van der Waals surface area contributed by atoms with Crippen LogP contribution in [-0.4, -0.2) is 31.7 Å². The van der Waals surface area contributed by atoms with E-state index >= 15 is 0 Å². The van der Waals surface area contributed by atoms with Crippen molar-refractivity contribution in [3.05, 3.63) is 23.3 Å². The van der Waals surface area contributed by atoms with Gasteiger partial charge in [-0.1, -0.05) is 6.08 Å². The number of methoxy groups -OCH3 is 1. The zero-order chi connectivity index (χ0) is 8.55. The summed E-state index contributed by atoms with van der Waals surface area (Å²) in [7, 11) is 1.69. The summed E-state index contributed by atoms with van der Waals surface area (Å²) in [5.74, 6) is 0. The van der Waals surface area contributed by atoms with Crippen molar-refractivity contribution < 1.29 is 4.74 Å². The molecule has 2 aliphatic rings. The van der Waals surface area contributed by atoms with Crippen molar-refractivity contribution >= 4 is 11.6 Å². The fraction of sp³-hybridized carbons (Fsp3) is 0.556. The lowest BCUT2D eigenvalue weighted by Gasteiger charge is -2.20. The van der Waals surface area contributed by atoms with E-state index in [-0.39, 0.29) is 11.5 Å². The molecule has 2 rings (SSSR count). The van der Waals surface area contributed by atoms with Crippen LogP contribution in [0.3, 0.4) is 0 Å². The molecular formula is C9H12ClNO. The molecule has 0 amide bonds. The number of nitrogens with one attached hydrogen (secondary N) is 1. The van der Waals surface area contributed by atoms with Gasteiger partial charge in [0.05, 0.1) is 11.5 Å². The maximum absolute atomic E-state index is 6.08. The minimum Gasteiger partial charge on any atom is -0.375 e. The topological polar surface area (TPSA) is 21.3 Å². The SMILES string of the molecule is COC1C=C2CNCC2=CC1Cl. The van der Waals surface area contributed by atoms with Gasteiger partial charge in [-0.3, -0.25) is 0 Å². The van der Waals surface area contributed by atoms with E-state index in [2.05, 4.69) is 17.5 Å². The van der Waals surface area contributed by atoms with E-state index in [1.807, 2.05) is 0 Å². The predicted molar refractivity (Wildman–Crippen MR) is 49.5 cm³/mol. The third kappa shape index (κ3) is 1.30. The normalized spacial score (nSPS) is 34.2. The summed E-state index contributed by atoms with van der Waals surface area (Å²) in [5.41, 5.74) is 2.68. The number of hydrogen-bond acceptors (Lipinski definition) is 2. The van der Waals surface area contributed by atoms with Crippen molar-refractivity contribution in [2.75, 3.05) is 20.2 Å². The fourth-order valence-corrected chi connectivity index (χ4v) is 1.99. The highest BCUT2D eigenvalue weighted by atomic mass is 35.5. The molecule has 12 heavy (non-hydrogen) atoms. The van der Waals surface area contributed by atoms with Crippen LogP contribution < -0.4 is 5.32 Å². The van der Waals surface area contributed by atoms with Crippen LogP contribution in [-0.2, 0) is 4.74 Å². The molecule has 1 aliphatic heterocycles. The molecule has 3 heteroatoms. The Balaban J connectivity index is 2.23. The van der Waals surface area contributed by atoms with Crippen LogP contribution >= 0.6 is 11.6 Å². The Morgan fingerprint density at radius 3 is 2.75 bits per heavy atom. The molecule has 2 nitrogen and oxygen atoms in total. The minimum absolute atomic E-state index is 0.00588. The Hall–Kier alpha value is -0.310. The molecule has 0 aromatic heterocycles. The highest BCUT2D eigenvalue weighted by molar-refractivity contribution is 6.22. The van der Waals surface area contributed by atoms with Crippen LogP contribution in [0.25, 0.3) is 0 Å². The second kappa shape index (κ2) is 3.21. The summed E-state index contributed by atoms with van der Waals surface area (Å²) in [6.07, 6.45) is 4.25. The van der Waals surface area contributed by atoms with Crippen molar-refractivity contribution in [2.45, 2.75) is 11.5 Å². The zero-order valence-corrected chi connectivity index (χ0v) is 7.77. The van der Waals surface area contributed by atoms with E-state index in [1.165, 1.54) is 11.1 Å². The zero-order valence-electron chi connectivity index (χ0n) is 7.01. The maximum Gasteiger partial charge on any atom is 0.0957 e. The van der Waals surface area contributed by atoms with Gasteiger partial charge < -0.3 is 10.1 Å². The third-order valence-electron chi connectivity index (χ3n) is 2.36. The van der Waals surface area contributed by atoms with Gasteiger partial charge in [0.1, 0.15) is 0 Å². The highest BCUT2D eigenvalue weighted by Crippen LogP contribution is 2.26. The van der Waals surface area contributed by atoms with Gasteiger partial charge in [-0.05, 0) is 17.2 Å². The van der Waals surface area contributed by atoms with Gasteiger partial charge in [0.2, 0.25) is 0 Å². The Labute approximate surface area is 77.2 Å². The molecule has 0 spiro atoms. The van der Waals surface area contributed by atoms with Gasteiger partial charge >= 0.3 is 0 Å². The lowest BCUT2D eigenvalue weighted by atomic mass is 9.98. The average Bonchev–Trinajstić information content (AvgIpc) is 2.49. The van der Waals surface area contributed by atoms with E-state index in [4.69, 9.17) is 16.3 Å². The van der Waals surface area contributed by atoms with Crippen LogP contribution in [0.4, 0.5) is 0 Å². The lowest BCUT2D eigenvalue weighted by Crippen LogP contribution is -2.23. The summed E-state index contributed by atoms with van der Waals surface area (Å²) >= 11 is 6.08. The summed E-state index contributed by atoms with van der Waals surface area (Å²) < 4.78 is 5.23. The first-order chi connectivity index (χ1) is 5.81. The van der Waals surface area contributed by atoms with Gasteiger partial charge in [-0.2, -0.15) is 0 Å². The molecule has 1 saturated heterocycles. The molecule has 0 saturated carbocycles. The maximum atomic E-state index is 6.08. The molecule has 66 valence electrons. The fourth-order valence-electron chi connectivity index (χ4n) is 1.67. The first kappa shape index (κ1) is 8.30. The Morgan fingerprint density at radius 1 is 1.42 bits per heavy atom. The monoisotopic (exact) mass is 185 g/mol. The smallest absolute Gasteiger partial charge is 0.0957 e. The Morgan fingerprint density at radius 2 is 2.08 bits per heavy atom. The lowest BCUT2D eigenvalue weighted by molar-refractivity contribution is 0.144. The molecule has 1 N–H and O–H groups in total. The second-order valence-electron chi connectivity index (χ2n) is 3.13. The average molecular weight is 186 g/mol. The largest absolute Gasteiger partial charge is 0.375 e. The van der Waals surface area contributed by atoms with Crippen molar-refractivity contribution in [1.29, 1.82) is 0 Å². The molecule has 1 fully saturated rings. The molecule has 1 heterocycles. The number of rotatable bonds is 1. The summed E-state index contributed by atoms with van der Waals surface area (Å²) in [4.78, 5) is 0. The van der Waals surface area contributed by atoms with Gasteiger partial charge in [0.15, 0.2) is 0 Å². The van der Waals surface area contributed by atoms with Crippen LogP contribution in [0.5, 0.6) is 0 Å². The summed E-state index contributed by atoms with van der Waals surface area (Å²) in [6.45, 7) is 1.90. The highest BCUT2D eigenvalue weighted by Gasteiger charge is 2.25. The summed E-state index contributed by atoms with van der Waals surface area (Å²) in [5, 5.41) is 3.27. The van der Waals surface area contributed by atoms with Crippen molar-refractivity contribution in [2.24, 2.45) is 0 Å². The van der Waals surface area contributed by atoms with Crippen molar-refractivity contribution in [1.82, 2.24) is 5.32 Å². The van der Waals surface area contributed by atoms with Gasteiger partial charge in [0, 0.05) is 20.2 Å². The molecule has 0 aromatic rings. The minimum atomic E-state index is -0.00588. The summed E-state index contributed by atoms with van der Waals surface area (Å²) in [6, 6.07) is 0. The second-order valence-corrected chi connectivity index (χ2v) is 3.64. The number of hydrogen-bond donors (Lipinski definition) is 1. The van der Waals surface area contributed by atoms with E-state index in [0.717, 1.165) is 13.1 Å². The first-order valence-electron chi connectivity index (χ1n) is 4.10. The van der Waals surface area contributed by atoms with Crippen molar-refractivity contribution in [3.8, 4) is 0 Å². The van der Waals surface area contributed by atoms with Crippen molar-refractivity contribution in [3.63, 3.8) is 0 Å². The van der Waals surface area contributed by atoms with Gasteiger partial charge in [0.25, 0.3) is 0 Å². The quantitative estimate of drug-likeness (QED) is 0.618. The Kier molecular flexibility index (Phi) is 2.22. The number of halogens is 1. The Bertz CT molecular complexity index is 247. The first-order valence-corrected chi connectivity index (χ1v) is 4.54. The number of ether oxygens (including phenoxy) is 1. The third-order valence-corrected chi connectivity index (χ3v) is 2.73. The molecule has 2 unspecified atom stereocenters. The van der Waals surface area contributed by atoms with E-state index < -0.39 is 0 Å². The molecule has 1 aliphatic carbocycles. The molecule has 0 aromatic carbocycles. The van der Waals surface area contributed by atoms with Crippen LogP contribution in [0.15, 0.2) is 23.3 Å². The number of fused-ring (bicyclic) bond motifs is 1.